The summed E-state index contributed by atoms with van der Waals surface area (Å²) in [6.07, 6.45) is 0. The lowest BCUT2D eigenvalue weighted by Gasteiger charge is -2.36. The molecular weight excluding hydrogens is 328 g/mol. The van der Waals surface area contributed by atoms with Crippen molar-refractivity contribution in [2.45, 2.75) is 0 Å². The number of phenols is 1. The highest BCUT2D eigenvalue weighted by Gasteiger charge is 2.22. The highest BCUT2D eigenvalue weighted by atomic mass is 35.5. The topological polar surface area (TPSA) is 53.0 Å². The number of para-hydroxylation sites is 3. The van der Waals surface area contributed by atoms with Gasteiger partial charge in [0.05, 0.1) is 10.7 Å². The zero-order valence-electron chi connectivity index (χ0n) is 13.2. The lowest BCUT2D eigenvalue weighted by atomic mass is 10.2. The van der Waals surface area contributed by atoms with Crippen molar-refractivity contribution in [2.75, 3.05) is 37.7 Å². The number of anilines is 1. The van der Waals surface area contributed by atoms with Crippen molar-refractivity contribution in [3.05, 3.63) is 53.6 Å². The molecule has 1 aliphatic heterocycles. The minimum absolute atomic E-state index is 0.0360. The predicted octanol–water partition coefficient (Wildman–Crippen LogP) is 2.77. The number of ether oxygens (including phenoxy) is 1. The molecule has 0 atom stereocenters. The van der Waals surface area contributed by atoms with Crippen LogP contribution in [0.2, 0.25) is 5.02 Å². The molecule has 0 aromatic heterocycles. The van der Waals surface area contributed by atoms with Crippen LogP contribution in [0.1, 0.15) is 0 Å². The van der Waals surface area contributed by atoms with Gasteiger partial charge in [-0.2, -0.15) is 0 Å². The Bertz CT molecular complexity index is 715. The number of piperazine rings is 1. The molecule has 0 unspecified atom stereocenters. The van der Waals surface area contributed by atoms with Gasteiger partial charge in [-0.25, -0.2) is 0 Å². The third-order valence-corrected chi connectivity index (χ3v) is 4.36. The molecule has 1 aliphatic rings. The molecule has 0 aliphatic carbocycles. The van der Waals surface area contributed by atoms with Crippen LogP contribution in [0, 0.1) is 0 Å². The molecule has 1 saturated heterocycles. The Balaban J connectivity index is 1.52. The molecule has 1 N–H and O–H groups in total. The van der Waals surface area contributed by atoms with Crippen LogP contribution in [0.3, 0.4) is 0 Å². The van der Waals surface area contributed by atoms with E-state index in [9.17, 15) is 9.90 Å². The molecule has 1 heterocycles. The molecule has 0 saturated carbocycles. The van der Waals surface area contributed by atoms with Crippen molar-refractivity contribution >= 4 is 23.2 Å². The fraction of sp³-hybridized carbons (Fsp3) is 0.278. The summed E-state index contributed by atoms with van der Waals surface area (Å²) >= 11 is 6.22. The van der Waals surface area contributed by atoms with E-state index in [2.05, 4.69) is 4.90 Å². The van der Waals surface area contributed by atoms with E-state index in [1.54, 1.807) is 23.1 Å². The third kappa shape index (κ3) is 3.74. The molecule has 5 nitrogen and oxygen atoms in total. The Morgan fingerprint density at radius 2 is 1.71 bits per heavy atom. The van der Waals surface area contributed by atoms with E-state index in [1.807, 2.05) is 24.3 Å². The average Bonchev–Trinajstić information content (AvgIpc) is 2.61. The first-order valence-electron chi connectivity index (χ1n) is 7.83. The number of aromatic hydroxyl groups is 1. The van der Waals surface area contributed by atoms with Crippen LogP contribution < -0.4 is 9.64 Å². The zero-order valence-corrected chi connectivity index (χ0v) is 13.9. The van der Waals surface area contributed by atoms with Crippen LogP contribution in [0.15, 0.2) is 48.5 Å². The van der Waals surface area contributed by atoms with Crippen LogP contribution in [0.4, 0.5) is 5.69 Å². The lowest BCUT2D eigenvalue weighted by Crippen LogP contribution is -2.50. The van der Waals surface area contributed by atoms with Crippen LogP contribution in [-0.2, 0) is 4.79 Å². The van der Waals surface area contributed by atoms with Crippen LogP contribution >= 0.6 is 11.6 Å². The van der Waals surface area contributed by atoms with Gasteiger partial charge in [0.25, 0.3) is 5.91 Å². The van der Waals surface area contributed by atoms with Crippen LogP contribution in [0.25, 0.3) is 0 Å². The normalized spacial score (nSPS) is 14.5. The van der Waals surface area contributed by atoms with Crippen molar-refractivity contribution in [1.29, 1.82) is 0 Å². The smallest absolute Gasteiger partial charge is 0.260 e. The van der Waals surface area contributed by atoms with Crippen molar-refractivity contribution in [3.8, 4) is 11.5 Å². The van der Waals surface area contributed by atoms with Gasteiger partial charge in [-0.05, 0) is 24.3 Å². The average molecular weight is 347 g/mol. The maximum absolute atomic E-state index is 12.3. The zero-order chi connectivity index (χ0) is 16.9. The summed E-state index contributed by atoms with van der Waals surface area (Å²) in [7, 11) is 0. The highest BCUT2D eigenvalue weighted by Crippen LogP contribution is 2.26. The minimum atomic E-state index is -0.0861. The predicted molar refractivity (Wildman–Crippen MR) is 93.8 cm³/mol. The summed E-state index contributed by atoms with van der Waals surface area (Å²) < 4.78 is 5.41. The molecular formula is C18H19ClN2O3. The summed E-state index contributed by atoms with van der Waals surface area (Å²) in [5, 5.41) is 10.4. The Morgan fingerprint density at radius 1 is 1.04 bits per heavy atom. The molecule has 1 fully saturated rings. The number of benzene rings is 2. The second-order valence-corrected chi connectivity index (χ2v) is 5.98. The van der Waals surface area contributed by atoms with E-state index in [-0.39, 0.29) is 18.3 Å². The molecule has 1 amide bonds. The lowest BCUT2D eigenvalue weighted by molar-refractivity contribution is -0.133. The van der Waals surface area contributed by atoms with E-state index < -0.39 is 0 Å². The van der Waals surface area contributed by atoms with Gasteiger partial charge < -0.3 is 19.6 Å². The standard InChI is InChI=1S/C18H19ClN2O3/c19-14-5-1-2-6-15(14)20-9-11-21(12-10-20)18(23)13-24-17-8-4-3-7-16(17)22/h1-8,22H,9-13H2. The molecule has 2 aromatic carbocycles. The van der Waals surface area contributed by atoms with Gasteiger partial charge >= 0.3 is 0 Å². The Hall–Kier alpha value is -2.40. The minimum Gasteiger partial charge on any atom is -0.504 e. The number of phenolic OH excluding ortho intramolecular Hbond substituents is 1. The molecule has 0 spiro atoms. The van der Waals surface area contributed by atoms with E-state index in [4.69, 9.17) is 16.3 Å². The largest absolute Gasteiger partial charge is 0.504 e. The van der Waals surface area contributed by atoms with Gasteiger partial charge in [-0.1, -0.05) is 35.9 Å². The van der Waals surface area contributed by atoms with Crippen LogP contribution in [0.5, 0.6) is 11.5 Å². The number of halogens is 1. The number of nitrogens with zero attached hydrogens (tertiary/aromatic N) is 2. The summed E-state index contributed by atoms with van der Waals surface area (Å²) in [5.74, 6) is 0.270. The number of rotatable bonds is 4. The van der Waals surface area contributed by atoms with Crippen molar-refractivity contribution in [2.24, 2.45) is 0 Å². The fourth-order valence-corrected chi connectivity index (χ4v) is 2.97. The van der Waals surface area contributed by atoms with E-state index in [0.29, 0.717) is 18.8 Å². The highest BCUT2D eigenvalue weighted by molar-refractivity contribution is 6.33. The van der Waals surface area contributed by atoms with Gasteiger partial charge in [-0.15, -0.1) is 0 Å². The van der Waals surface area contributed by atoms with Gasteiger partial charge in [0.2, 0.25) is 0 Å². The number of carbonyl (C=O) groups excluding carboxylic acids is 1. The molecule has 0 bridgehead atoms. The van der Waals surface area contributed by atoms with E-state index >= 15 is 0 Å². The number of amides is 1. The molecule has 6 heteroatoms. The quantitative estimate of drug-likeness (QED) is 0.925. The maximum Gasteiger partial charge on any atom is 0.260 e. The van der Waals surface area contributed by atoms with E-state index in [1.165, 1.54) is 6.07 Å². The third-order valence-electron chi connectivity index (χ3n) is 4.04. The summed E-state index contributed by atoms with van der Waals surface area (Å²) in [6.45, 7) is 2.62. The molecule has 24 heavy (non-hydrogen) atoms. The van der Waals surface area contributed by atoms with Crippen LogP contribution in [-0.4, -0.2) is 48.7 Å². The van der Waals surface area contributed by atoms with Gasteiger partial charge in [-0.3, -0.25) is 4.79 Å². The number of hydrogen-bond acceptors (Lipinski definition) is 4. The SMILES string of the molecule is O=C(COc1ccccc1O)N1CCN(c2ccccc2Cl)CC1. The molecule has 126 valence electrons. The number of hydrogen-bond donors (Lipinski definition) is 1. The van der Waals surface area contributed by atoms with Gasteiger partial charge in [0, 0.05) is 26.2 Å². The summed E-state index contributed by atoms with van der Waals surface area (Å²) in [5.41, 5.74) is 0.997. The molecule has 3 rings (SSSR count). The van der Waals surface area contributed by atoms with Gasteiger partial charge in [0.15, 0.2) is 18.1 Å². The van der Waals surface area contributed by atoms with Crippen molar-refractivity contribution in [1.82, 2.24) is 4.90 Å². The first kappa shape index (κ1) is 16.5. The first-order valence-corrected chi connectivity index (χ1v) is 8.21. The Kier molecular flexibility index (Phi) is 5.11. The molecule has 2 aromatic rings. The first-order chi connectivity index (χ1) is 11.6. The van der Waals surface area contributed by atoms with Gasteiger partial charge in [0.1, 0.15) is 0 Å². The molecule has 0 radical (unpaired) electrons. The Morgan fingerprint density at radius 3 is 2.42 bits per heavy atom. The second-order valence-electron chi connectivity index (χ2n) is 5.58. The van der Waals surface area contributed by atoms with E-state index in [0.717, 1.165) is 23.8 Å². The Labute approximate surface area is 146 Å². The fourth-order valence-electron chi connectivity index (χ4n) is 2.71. The summed E-state index contributed by atoms with van der Waals surface area (Å²) in [4.78, 5) is 16.2. The van der Waals surface area contributed by atoms with Crippen molar-refractivity contribution in [3.63, 3.8) is 0 Å². The second kappa shape index (κ2) is 7.45. The maximum atomic E-state index is 12.3. The summed E-state index contributed by atoms with van der Waals surface area (Å²) in [6, 6.07) is 14.3. The monoisotopic (exact) mass is 346 g/mol. The van der Waals surface area contributed by atoms with Crippen molar-refractivity contribution < 1.29 is 14.6 Å². The number of carbonyl (C=O) groups is 1.